The van der Waals surface area contributed by atoms with Crippen LogP contribution in [0.25, 0.3) is 5.70 Å². The zero-order valence-corrected chi connectivity index (χ0v) is 14.8. The molecule has 1 N–H and O–H groups in total. The van der Waals surface area contributed by atoms with E-state index in [1.165, 1.54) is 11.1 Å². The van der Waals surface area contributed by atoms with Crippen molar-refractivity contribution >= 4 is 11.4 Å². The number of hydrogen-bond acceptors (Lipinski definition) is 3. The average Bonchev–Trinajstić information content (AvgIpc) is 3.16. The molecule has 0 amide bonds. The number of nitrogens with zero attached hydrogens (tertiary/aromatic N) is 1. The summed E-state index contributed by atoms with van der Waals surface area (Å²) in [5.41, 5.74) is 8.23. The highest BCUT2D eigenvalue weighted by Gasteiger charge is 2.27. The first-order valence-electron chi connectivity index (χ1n) is 8.96. The van der Waals surface area contributed by atoms with Gasteiger partial charge in [-0.25, -0.2) is 0 Å². The van der Waals surface area contributed by atoms with Gasteiger partial charge in [-0.1, -0.05) is 60.7 Å². The quantitative estimate of drug-likeness (QED) is 0.690. The van der Waals surface area contributed by atoms with Crippen LogP contribution >= 0.6 is 0 Å². The number of nitrogens with one attached hydrogen (secondary N) is 1. The van der Waals surface area contributed by atoms with Gasteiger partial charge in [0.15, 0.2) is 0 Å². The summed E-state index contributed by atoms with van der Waals surface area (Å²) in [5, 5.41) is 2.21. The third-order valence-electron chi connectivity index (χ3n) is 4.50. The highest BCUT2D eigenvalue weighted by molar-refractivity contribution is 5.72. The molecule has 3 nitrogen and oxygen atoms in total. The predicted octanol–water partition coefficient (Wildman–Crippen LogP) is 5.19. The molecule has 3 aromatic carbocycles. The van der Waals surface area contributed by atoms with E-state index in [0.717, 1.165) is 17.1 Å². The van der Waals surface area contributed by atoms with Crippen LogP contribution in [0.3, 0.4) is 0 Å². The summed E-state index contributed by atoms with van der Waals surface area (Å²) in [6.45, 7) is 2.68. The molecule has 4 rings (SSSR count). The summed E-state index contributed by atoms with van der Waals surface area (Å²) in [6, 6.07) is 29.3. The number of hydrogen-bond donors (Lipinski definition) is 1. The first-order chi connectivity index (χ1) is 12.8. The van der Waals surface area contributed by atoms with E-state index >= 15 is 0 Å². The van der Waals surface area contributed by atoms with Crippen LogP contribution in [0.15, 0.2) is 91.0 Å². The molecule has 1 heterocycles. The van der Waals surface area contributed by atoms with Gasteiger partial charge in [-0.2, -0.15) is 0 Å². The van der Waals surface area contributed by atoms with Crippen LogP contribution in [0.4, 0.5) is 5.69 Å². The molecule has 1 atom stereocenters. The molecule has 0 saturated carbocycles. The molecule has 0 bridgehead atoms. The average molecular weight is 342 g/mol. The Kier molecular flexibility index (Phi) is 4.61. The van der Waals surface area contributed by atoms with E-state index in [1.807, 2.05) is 31.2 Å². The molecule has 1 unspecified atom stereocenters. The van der Waals surface area contributed by atoms with Gasteiger partial charge < -0.3 is 4.74 Å². The molecule has 0 aliphatic carbocycles. The standard InChI is InChI=1S/C23H22N2O/c1-2-26-21-15-13-19(14-16-21)23-17-22(18-9-5-3-6-10-18)24-25(23)20-11-7-4-8-12-20/h3-17,23-24H,2H2,1H3. The summed E-state index contributed by atoms with van der Waals surface area (Å²) < 4.78 is 5.58. The SMILES string of the molecule is CCOc1ccc(C2C=C(c3ccccc3)NN2c2ccccc2)cc1. The highest BCUT2D eigenvalue weighted by Crippen LogP contribution is 2.35. The second-order valence-corrected chi connectivity index (χ2v) is 6.21. The van der Waals surface area contributed by atoms with E-state index in [2.05, 4.69) is 77.2 Å². The Morgan fingerprint density at radius 3 is 2.15 bits per heavy atom. The van der Waals surface area contributed by atoms with Crippen molar-refractivity contribution in [1.29, 1.82) is 0 Å². The van der Waals surface area contributed by atoms with E-state index in [-0.39, 0.29) is 6.04 Å². The maximum absolute atomic E-state index is 5.58. The largest absolute Gasteiger partial charge is 0.494 e. The first kappa shape index (κ1) is 16.3. The fourth-order valence-corrected chi connectivity index (χ4v) is 3.23. The number of anilines is 1. The molecule has 0 aromatic heterocycles. The van der Waals surface area contributed by atoms with Crippen LogP contribution in [0, 0.1) is 0 Å². The molecule has 3 aromatic rings. The molecule has 0 radical (unpaired) electrons. The monoisotopic (exact) mass is 342 g/mol. The van der Waals surface area contributed by atoms with Gasteiger partial charge in [0, 0.05) is 0 Å². The van der Waals surface area contributed by atoms with Crippen molar-refractivity contribution in [1.82, 2.24) is 5.43 Å². The lowest BCUT2D eigenvalue weighted by Crippen LogP contribution is -2.33. The summed E-state index contributed by atoms with van der Waals surface area (Å²) >= 11 is 0. The van der Waals surface area contributed by atoms with E-state index in [9.17, 15) is 0 Å². The molecule has 0 spiro atoms. The maximum atomic E-state index is 5.58. The van der Waals surface area contributed by atoms with Gasteiger partial charge >= 0.3 is 0 Å². The van der Waals surface area contributed by atoms with E-state index in [1.54, 1.807) is 0 Å². The third kappa shape index (κ3) is 3.29. The van der Waals surface area contributed by atoms with Gasteiger partial charge in [0.25, 0.3) is 0 Å². The van der Waals surface area contributed by atoms with Crippen molar-refractivity contribution in [3.05, 3.63) is 102 Å². The molecule has 1 aliphatic rings. The van der Waals surface area contributed by atoms with Gasteiger partial charge in [0.05, 0.1) is 24.0 Å². The Bertz CT molecular complexity index is 873. The minimum Gasteiger partial charge on any atom is -0.494 e. The topological polar surface area (TPSA) is 24.5 Å². The molecular formula is C23H22N2O. The zero-order valence-electron chi connectivity index (χ0n) is 14.8. The third-order valence-corrected chi connectivity index (χ3v) is 4.50. The molecule has 26 heavy (non-hydrogen) atoms. The molecular weight excluding hydrogens is 320 g/mol. The second-order valence-electron chi connectivity index (χ2n) is 6.21. The van der Waals surface area contributed by atoms with E-state index in [0.29, 0.717) is 6.61 Å². The molecule has 0 fully saturated rings. The van der Waals surface area contributed by atoms with Gasteiger partial charge in [0.2, 0.25) is 0 Å². The van der Waals surface area contributed by atoms with Gasteiger partial charge in [0.1, 0.15) is 5.75 Å². The predicted molar refractivity (Wildman–Crippen MR) is 107 cm³/mol. The Morgan fingerprint density at radius 1 is 0.846 bits per heavy atom. The van der Waals surface area contributed by atoms with Crippen molar-refractivity contribution in [3.8, 4) is 5.75 Å². The van der Waals surface area contributed by atoms with Crippen molar-refractivity contribution < 1.29 is 4.74 Å². The minimum atomic E-state index is 0.114. The van der Waals surface area contributed by atoms with Crippen LogP contribution < -0.4 is 15.2 Å². The Hall–Kier alpha value is -3.20. The molecule has 0 saturated heterocycles. The lowest BCUT2D eigenvalue weighted by atomic mass is 10.0. The van der Waals surface area contributed by atoms with E-state index < -0.39 is 0 Å². The second kappa shape index (κ2) is 7.36. The summed E-state index contributed by atoms with van der Waals surface area (Å²) in [4.78, 5) is 0. The number of rotatable bonds is 5. The molecule has 3 heteroatoms. The van der Waals surface area contributed by atoms with Crippen LogP contribution in [0.2, 0.25) is 0 Å². The minimum absolute atomic E-state index is 0.114. The molecule has 1 aliphatic heterocycles. The van der Waals surface area contributed by atoms with Crippen LogP contribution in [0.1, 0.15) is 24.1 Å². The first-order valence-corrected chi connectivity index (χ1v) is 8.96. The number of benzene rings is 3. The zero-order chi connectivity index (χ0) is 17.8. The fourth-order valence-electron chi connectivity index (χ4n) is 3.23. The highest BCUT2D eigenvalue weighted by atomic mass is 16.5. The molecule has 130 valence electrons. The van der Waals surface area contributed by atoms with Gasteiger partial charge in [-0.15, -0.1) is 0 Å². The van der Waals surface area contributed by atoms with Crippen molar-refractivity contribution in [2.45, 2.75) is 13.0 Å². The Morgan fingerprint density at radius 2 is 1.50 bits per heavy atom. The fraction of sp³-hybridized carbons (Fsp3) is 0.130. The summed E-state index contributed by atoms with van der Waals surface area (Å²) in [7, 11) is 0. The lowest BCUT2D eigenvalue weighted by molar-refractivity contribution is 0.340. The Labute approximate surface area is 154 Å². The van der Waals surface area contributed by atoms with Crippen molar-refractivity contribution in [2.75, 3.05) is 11.6 Å². The van der Waals surface area contributed by atoms with Gasteiger partial charge in [-0.05, 0) is 48.4 Å². The number of para-hydroxylation sites is 1. The van der Waals surface area contributed by atoms with Crippen LogP contribution in [-0.2, 0) is 0 Å². The van der Waals surface area contributed by atoms with Crippen molar-refractivity contribution in [3.63, 3.8) is 0 Å². The number of ether oxygens (including phenoxy) is 1. The van der Waals surface area contributed by atoms with Crippen LogP contribution in [0.5, 0.6) is 5.75 Å². The van der Waals surface area contributed by atoms with Gasteiger partial charge in [-0.3, -0.25) is 10.4 Å². The lowest BCUT2D eigenvalue weighted by Gasteiger charge is -2.27. The smallest absolute Gasteiger partial charge is 0.119 e. The Balaban J connectivity index is 1.70. The van der Waals surface area contributed by atoms with Crippen LogP contribution in [-0.4, -0.2) is 6.61 Å². The van der Waals surface area contributed by atoms with Crippen molar-refractivity contribution in [2.24, 2.45) is 0 Å². The summed E-state index contributed by atoms with van der Waals surface area (Å²) in [6.07, 6.45) is 2.28. The summed E-state index contributed by atoms with van der Waals surface area (Å²) in [5.74, 6) is 0.903. The normalized spacial score (nSPS) is 16.1. The van der Waals surface area contributed by atoms with E-state index in [4.69, 9.17) is 4.74 Å². The number of hydrazine groups is 1. The maximum Gasteiger partial charge on any atom is 0.119 e.